The fourth-order valence-corrected chi connectivity index (χ4v) is 3.87. The van der Waals surface area contributed by atoms with Gasteiger partial charge in [0.25, 0.3) is 0 Å². The molecular formula is C15H26N2S. The molecule has 1 aliphatic carbocycles. The summed E-state index contributed by atoms with van der Waals surface area (Å²) >= 11 is 1.82. The van der Waals surface area contributed by atoms with E-state index >= 15 is 0 Å². The molecular weight excluding hydrogens is 240 g/mol. The second-order valence-corrected chi connectivity index (χ2v) is 6.71. The Labute approximate surface area is 115 Å². The molecule has 102 valence electrons. The molecule has 0 bridgehead atoms. The number of thiazole rings is 1. The van der Waals surface area contributed by atoms with Crippen LogP contribution in [-0.4, -0.2) is 17.6 Å². The monoisotopic (exact) mass is 266 g/mol. The second-order valence-electron chi connectivity index (χ2n) is 5.77. The largest absolute Gasteiger partial charge is 0.314 e. The molecule has 1 atom stereocenters. The topological polar surface area (TPSA) is 24.9 Å². The van der Waals surface area contributed by atoms with Gasteiger partial charge in [0.15, 0.2) is 0 Å². The molecule has 1 unspecified atom stereocenters. The molecule has 1 heterocycles. The van der Waals surface area contributed by atoms with Crippen molar-refractivity contribution in [2.24, 2.45) is 11.8 Å². The van der Waals surface area contributed by atoms with Gasteiger partial charge < -0.3 is 5.32 Å². The van der Waals surface area contributed by atoms with Gasteiger partial charge in [-0.15, -0.1) is 11.3 Å². The van der Waals surface area contributed by atoms with Crippen molar-refractivity contribution in [1.82, 2.24) is 10.3 Å². The summed E-state index contributed by atoms with van der Waals surface area (Å²) in [6, 6.07) is 0.632. The van der Waals surface area contributed by atoms with Crippen molar-refractivity contribution in [2.75, 3.05) is 6.54 Å². The maximum absolute atomic E-state index is 4.62. The Balaban J connectivity index is 1.94. The van der Waals surface area contributed by atoms with Crippen molar-refractivity contribution >= 4 is 11.3 Å². The molecule has 0 aliphatic heterocycles. The van der Waals surface area contributed by atoms with E-state index < -0.39 is 0 Å². The van der Waals surface area contributed by atoms with Gasteiger partial charge in [-0.2, -0.15) is 0 Å². The summed E-state index contributed by atoms with van der Waals surface area (Å²) in [5.74, 6) is 1.79. The van der Waals surface area contributed by atoms with E-state index in [2.05, 4.69) is 36.5 Å². The quantitative estimate of drug-likeness (QED) is 0.877. The van der Waals surface area contributed by atoms with Crippen LogP contribution in [0, 0.1) is 18.8 Å². The minimum atomic E-state index is 0.632. The Bertz CT molecular complexity index is 353. The Morgan fingerprint density at radius 3 is 2.67 bits per heavy atom. The third kappa shape index (κ3) is 3.79. The standard InChI is InChI=1S/C15H26N2S/c1-4-16-14(9-15-17-12(3)10-18-15)13-7-5-11(2)6-8-13/h10-11,13-14,16H,4-9H2,1-3H3. The van der Waals surface area contributed by atoms with E-state index in [1.165, 1.54) is 36.4 Å². The van der Waals surface area contributed by atoms with Gasteiger partial charge in [-0.25, -0.2) is 4.98 Å². The molecule has 1 aliphatic rings. The highest BCUT2D eigenvalue weighted by Gasteiger charge is 2.26. The van der Waals surface area contributed by atoms with Crippen molar-refractivity contribution in [1.29, 1.82) is 0 Å². The number of hydrogen-bond acceptors (Lipinski definition) is 3. The maximum Gasteiger partial charge on any atom is 0.0943 e. The molecule has 18 heavy (non-hydrogen) atoms. The van der Waals surface area contributed by atoms with Crippen LogP contribution in [0.3, 0.4) is 0 Å². The van der Waals surface area contributed by atoms with E-state index in [-0.39, 0.29) is 0 Å². The van der Waals surface area contributed by atoms with Gasteiger partial charge in [-0.1, -0.05) is 26.7 Å². The van der Waals surface area contributed by atoms with Crippen molar-refractivity contribution in [3.63, 3.8) is 0 Å². The molecule has 0 saturated heterocycles. The van der Waals surface area contributed by atoms with Crippen LogP contribution in [-0.2, 0) is 6.42 Å². The van der Waals surface area contributed by atoms with E-state index in [4.69, 9.17) is 0 Å². The van der Waals surface area contributed by atoms with E-state index in [9.17, 15) is 0 Å². The molecule has 1 aromatic heterocycles. The van der Waals surface area contributed by atoms with Crippen LogP contribution < -0.4 is 5.32 Å². The highest BCUT2D eigenvalue weighted by molar-refractivity contribution is 7.09. The van der Waals surface area contributed by atoms with Crippen LogP contribution in [0.25, 0.3) is 0 Å². The lowest BCUT2D eigenvalue weighted by Crippen LogP contribution is -2.39. The fourth-order valence-electron chi connectivity index (χ4n) is 3.04. The molecule has 1 aromatic rings. The highest BCUT2D eigenvalue weighted by atomic mass is 32.1. The molecule has 0 radical (unpaired) electrons. The Hall–Kier alpha value is -0.410. The number of rotatable bonds is 5. The van der Waals surface area contributed by atoms with Gasteiger partial charge >= 0.3 is 0 Å². The molecule has 1 N–H and O–H groups in total. The summed E-state index contributed by atoms with van der Waals surface area (Å²) in [4.78, 5) is 4.62. The molecule has 1 saturated carbocycles. The third-order valence-corrected chi connectivity index (χ3v) is 5.15. The first-order valence-corrected chi connectivity index (χ1v) is 8.21. The highest BCUT2D eigenvalue weighted by Crippen LogP contribution is 2.31. The van der Waals surface area contributed by atoms with Crippen LogP contribution in [0.15, 0.2) is 5.38 Å². The first kappa shape index (κ1) is 14.0. The Kier molecular flexibility index (Phi) is 5.19. The molecule has 1 fully saturated rings. The number of aryl methyl sites for hydroxylation is 1. The summed E-state index contributed by atoms with van der Waals surface area (Å²) in [5, 5.41) is 7.16. The summed E-state index contributed by atoms with van der Waals surface area (Å²) in [7, 11) is 0. The molecule has 0 amide bonds. The van der Waals surface area contributed by atoms with Crippen LogP contribution in [0.5, 0.6) is 0 Å². The molecule has 3 heteroatoms. The smallest absolute Gasteiger partial charge is 0.0943 e. The first-order valence-electron chi connectivity index (χ1n) is 7.33. The van der Waals surface area contributed by atoms with Gasteiger partial charge in [0, 0.05) is 23.5 Å². The van der Waals surface area contributed by atoms with Gasteiger partial charge in [-0.3, -0.25) is 0 Å². The van der Waals surface area contributed by atoms with Gasteiger partial charge in [-0.05, 0) is 38.1 Å². The fraction of sp³-hybridized carbons (Fsp3) is 0.800. The second kappa shape index (κ2) is 6.67. The van der Waals surface area contributed by atoms with Crippen molar-refractivity contribution in [3.05, 3.63) is 16.1 Å². The van der Waals surface area contributed by atoms with Crippen molar-refractivity contribution in [2.45, 2.75) is 58.9 Å². The van der Waals surface area contributed by atoms with Gasteiger partial charge in [0.2, 0.25) is 0 Å². The minimum absolute atomic E-state index is 0.632. The summed E-state index contributed by atoms with van der Waals surface area (Å²) in [6.07, 6.45) is 6.71. The zero-order chi connectivity index (χ0) is 13.0. The number of nitrogens with zero attached hydrogens (tertiary/aromatic N) is 1. The van der Waals surface area contributed by atoms with E-state index in [1.807, 2.05) is 11.3 Å². The van der Waals surface area contributed by atoms with Crippen LogP contribution in [0.2, 0.25) is 0 Å². The zero-order valence-electron chi connectivity index (χ0n) is 11.9. The Morgan fingerprint density at radius 1 is 1.39 bits per heavy atom. The van der Waals surface area contributed by atoms with Crippen molar-refractivity contribution < 1.29 is 0 Å². The summed E-state index contributed by atoms with van der Waals surface area (Å²) in [6.45, 7) is 7.76. The number of hydrogen-bond donors (Lipinski definition) is 1. The predicted octanol–water partition coefficient (Wildman–Crippen LogP) is 3.80. The Morgan fingerprint density at radius 2 is 2.11 bits per heavy atom. The predicted molar refractivity (Wildman–Crippen MR) is 79.1 cm³/mol. The van der Waals surface area contributed by atoms with E-state index in [0.717, 1.165) is 24.8 Å². The number of nitrogens with one attached hydrogen (secondary N) is 1. The lowest BCUT2D eigenvalue weighted by molar-refractivity contribution is 0.230. The van der Waals surface area contributed by atoms with E-state index in [0.29, 0.717) is 6.04 Å². The van der Waals surface area contributed by atoms with Crippen molar-refractivity contribution in [3.8, 4) is 0 Å². The molecule has 2 nitrogen and oxygen atoms in total. The minimum Gasteiger partial charge on any atom is -0.314 e. The number of aromatic nitrogens is 1. The van der Waals surface area contributed by atoms with Crippen LogP contribution in [0.4, 0.5) is 0 Å². The number of likely N-dealkylation sites (N-methyl/N-ethyl adjacent to an activating group) is 1. The lowest BCUT2D eigenvalue weighted by atomic mass is 9.78. The van der Waals surface area contributed by atoms with E-state index in [1.54, 1.807) is 0 Å². The summed E-state index contributed by atoms with van der Waals surface area (Å²) in [5.41, 5.74) is 1.17. The molecule has 0 aromatic carbocycles. The average molecular weight is 266 g/mol. The maximum atomic E-state index is 4.62. The molecule has 0 spiro atoms. The SMILES string of the molecule is CCNC(Cc1nc(C)cs1)C1CCC(C)CC1. The summed E-state index contributed by atoms with van der Waals surface area (Å²) < 4.78 is 0. The molecule has 2 rings (SSSR count). The third-order valence-electron chi connectivity index (χ3n) is 4.16. The average Bonchev–Trinajstić information content (AvgIpc) is 2.75. The van der Waals surface area contributed by atoms with Crippen LogP contribution in [0.1, 0.15) is 50.2 Å². The van der Waals surface area contributed by atoms with Gasteiger partial charge in [0.05, 0.1) is 5.01 Å². The van der Waals surface area contributed by atoms with Gasteiger partial charge in [0.1, 0.15) is 0 Å². The normalized spacial score (nSPS) is 26.2. The van der Waals surface area contributed by atoms with Crippen LogP contribution >= 0.6 is 11.3 Å². The first-order chi connectivity index (χ1) is 8.69. The zero-order valence-corrected chi connectivity index (χ0v) is 12.7. The lowest BCUT2D eigenvalue weighted by Gasteiger charge is -2.33.